The maximum atomic E-state index is 4.37. The number of thioether (sulfide) groups is 2. The van der Waals surface area contributed by atoms with Crippen LogP contribution < -0.4 is 0 Å². The summed E-state index contributed by atoms with van der Waals surface area (Å²) in [5.41, 5.74) is 0. The molecular weight excluding hydrogens is 192 g/mol. The van der Waals surface area contributed by atoms with E-state index in [2.05, 4.69) is 43.3 Å². The predicted octanol–water partition coefficient (Wildman–Crippen LogP) is 3.42. The number of rotatable bonds is 2. The van der Waals surface area contributed by atoms with Crippen LogP contribution in [0.5, 0.6) is 0 Å². The highest BCUT2D eigenvalue weighted by Gasteiger charge is 1.97. The minimum atomic E-state index is 1.07. The van der Waals surface area contributed by atoms with Crippen LogP contribution in [-0.2, 0) is 0 Å². The monoisotopic (exact) mass is 202 g/mol. The van der Waals surface area contributed by atoms with Crippen LogP contribution in [0, 0.1) is 0 Å². The largest absolute Gasteiger partial charge is 0.142 e. The van der Waals surface area contributed by atoms with Crippen molar-refractivity contribution in [2.24, 2.45) is 0 Å². The Morgan fingerprint density at radius 1 is 1.18 bits per heavy atom. The predicted molar refractivity (Wildman–Crippen MR) is 57.3 cm³/mol. The molecule has 1 aromatic carbocycles. The maximum absolute atomic E-state index is 4.37. The van der Waals surface area contributed by atoms with Crippen molar-refractivity contribution in [2.75, 3.05) is 12.5 Å². The fourth-order valence-corrected chi connectivity index (χ4v) is 2.28. The molecule has 1 aromatic rings. The normalized spacial score (nSPS) is 10.1. The summed E-state index contributed by atoms with van der Waals surface area (Å²) in [6.45, 7) is 0. The second-order valence-electron chi connectivity index (χ2n) is 2.04. The zero-order valence-corrected chi connectivity index (χ0v) is 9.02. The van der Waals surface area contributed by atoms with Gasteiger partial charge in [-0.15, -0.1) is 36.2 Å². The smallest absolute Gasteiger partial charge is 0.0203 e. The Labute approximate surface area is 81.6 Å². The Bertz CT molecular complexity index is 245. The lowest BCUT2D eigenvalue weighted by Gasteiger charge is -2.02. The molecule has 0 spiro atoms. The van der Waals surface area contributed by atoms with E-state index in [4.69, 9.17) is 0 Å². The number of benzene rings is 1. The quantitative estimate of drug-likeness (QED) is 0.576. The topological polar surface area (TPSA) is 0 Å². The fraction of sp³-hybridized carbons (Fsp3) is 0.250. The summed E-state index contributed by atoms with van der Waals surface area (Å²) in [5, 5.41) is 0. The third-order valence-electron chi connectivity index (χ3n) is 1.39. The minimum Gasteiger partial charge on any atom is -0.142 e. The summed E-state index contributed by atoms with van der Waals surface area (Å²) in [4.78, 5) is 3.59. The summed E-state index contributed by atoms with van der Waals surface area (Å²) < 4.78 is 0. The lowest BCUT2D eigenvalue weighted by molar-refractivity contribution is 1.20. The first-order valence-electron chi connectivity index (χ1n) is 3.19. The van der Waals surface area contributed by atoms with Crippen molar-refractivity contribution >= 4 is 36.2 Å². The third kappa shape index (κ3) is 2.36. The summed E-state index contributed by atoms with van der Waals surface area (Å²) >= 11 is 7.84. The van der Waals surface area contributed by atoms with E-state index in [1.54, 1.807) is 23.5 Å². The molecule has 0 fully saturated rings. The van der Waals surface area contributed by atoms with Gasteiger partial charge in [-0.3, -0.25) is 0 Å². The zero-order valence-electron chi connectivity index (χ0n) is 6.50. The molecule has 0 radical (unpaired) electrons. The van der Waals surface area contributed by atoms with Crippen LogP contribution in [0.25, 0.3) is 0 Å². The van der Waals surface area contributed by atoms with Crippen molar-refractivity contribution in [3.63, 3.8) is 0 Å². The van der Waals surface area contributed by atoms with Crippen molar-refractivity contribution in [1.82, 2.24) is 0 Å². The molecule has 1 rings (SSSR count). The van der Waals surface area contributed by atoms with Gasteiger partial charge in [0.2, 0.25) is 0 Å². The van der Waals surface area contributed by atoms with Gasteiger partial charge in [-0.25, -0.2) is 0 Å². The Morgan fingerprint density at radius 2 is 1.91 bits per heavy atom. The van der Waals surface area contributed by atoms with Crippen LogP contribution in [0.2, 0.25) is 0 Å². The minimum absolute atomic E-state index is 1.07. The lowest BCUT2D eigenvalue weighted by Crippen LogP contribution is -1.75. The molecule has 11 heavy (non-hydrogen) atoms. The van der Waals surface area contributed by atoms with E-state index in [-0.39, 0.29) is 0 Å². The average Bonchev–Trinajstić information content (AvgIpc) is 2.04. The molecule has 3 heteroatoms. The first kappa shape index (κ1) is 9.36. The standard InChI is InChI=1S/C8H10S3/c1-10-6-3-4-8(11-2)7(9)5-6/h3-5,9H,1-2H3. The molecule has 0 aliphatic heterocycles. The highest BCUT2D eigenvalue weighted by atomic mass is 32.2. The maximum Gasteiger partial charge on any atom is 0.0203 e. The van der Waals surface area contributed by atoms with Gasteiger partial charge in [-0.2, -0.15) is 0 Å². The van der Waals surface area contributed by atoms with Gasteiger partial charge in [0.25, 0.3) is 0 Å². The Morgan fingerprint density at radius 3 is 2.36 bits per heavy atom. The molecule has 0 amide bonds. The Hall–Kier alpha value is 0.270. The molecule has 0 N–H and O–H groups in total. The highest BCUT2D eigenvalue weighted by molar-refractivity contribution is 7.99. The lowest BCUT2D eigenvalue weighted by atomic mass is 10.4. The van der Waals surface area contributed by atoms with Crippen LogP contribution in [0.1, 0.15) is 0 Å². The SMILES string of the molecule is CSc1ccc(SC)c(S)c1. The van der Waals surface area contributed by atoms with Crippen molar-refractivity contribution in [3.05, 3.63) is 18.2 Å². The Balaban J connectivity index is 2.99. The van der Waals surface area contributed by atoms with Gasteiger partial charge in [0.05, 0.1) is 0 Å². The molecule has 0 unspecified atom stereocenters. The van der Waals surface area contributed by atoms with Crippen LogP contribution in [0.3, 0.4) is 0 Å². The zero-order chi connectivity index (χ0) is 8.27. The first-order valence-corrected chi connectivity index (χ1v) is 6.08. The van der Waals surface area contributed by atoms with Crippen LogP contribution in [-0.4, -0.2) is 12.5 Å². The van der Waals surface area contributed by atoms with E-state index in [1.807, 2.05) is 0 Å². The van der Waals surface area contributed by atoms with Gasteiger partial charge in [-0.05, 0) is 30.7 Å². The molecule has 0 atom stereocenters. The van der Waals surface area contributed by atoms with E-state index in [0.717, 1.165) is 4.90 Å². The first-order chi connectivity index (χ1) is 5.27. The van der Waals surface area contributed by atoms with E-state index >= 15 is 0 Å². The van der Waals surface area contributed by atoms with Gasteiger partial charge in [-0.1, -0.05) is 0 Å². The summed E-state index contributed by atoms with van der Waals surface area (Å²) in [6.07, 6.45) is 4.13. The molecular formula is C8H10S3. The molecule has 0 nitrogen and oxygen atoms in total. The van der Waals surface area contributed by atoms with Crippen molar-refractivity contribution < 1.29 is 0 Å². The molecule has 0 heterocycles. The number of thiol groups is 1. The molecule has 0 aliphatic rings. The van der Waals surface area contributed by atoms with Crippen molar-refractivity contribution in [2.45, 2.75) is 14.7 Å². The molecule has 0 saturated carbocycles. The van der Waals surface area contributed by atoms with Gasteiger partial charge in [0.1, 0.15) is 0 Å². The molecule has 0 aromatic heterocycles. The summed E-state index contributed by atoms with van der Waals surface area (Å²) in [7, 11) is 0. The van der Waals surface area contributed by atoms with E-state index in [9.17, 15) is 0 Å². The number of hydrogen-bond acceptors (Lipinski definition) is 3. The molecule has 0 saturated heterocycles. The summed E-state index contributed by atoms with van der Waals surface area (Å²) in [6, 6.07) is 6.33. The van der Waals surface area contributed by atoms with Crippen molar-refractivity contribution in [3.8, 4) is 0 Å². The van der Waals surface area contributed by atoms with Gasteiger partial charge in [0.15, 0.2) is 0 Å². The van der Waals surface area contributed by atoms with E-state index in [0.29, 0.717) is 0 Å². The van der Waals surface area contributed by atoms with Crippen LogP contribution >= 0.6 is 36.2 Å². The fourth-order valence-electron chi connectivity index (χ4n) is 0.797. The second kappa shape index (κ2) is 4.33. The van der Waals surface area contributed by atoms with Crippen LogP contribution in [0.4, 0.5) is 0 Å². The summed E-state index contributed by atoms with van der Waals surface area (Å²) in [5.74, 6) is 0. The molecule has 60 valence electrons. The van der Waals surface area contributed by atoms with E-state index < -0.39 is 0 Å². The second-order valence-corrected chi connectivity index (χ2v) is 4.25. The molecule has 0 aliphatic carbocycles. The molecule has 0 bridgehead atoms. The van der Waals surface area contributed by atoms with Gasteiger partial charge < -0.3 is 0 Å². The van der Waals surface area contributed by atoms with Crippen LogP contribution in [0.15, 0.2) is 32.9 Å². The number of hydrogen-bond donors (Lipinski definition) is 1. The van der Waals surface area contributed by atoms with Crippen molar-refractivity contribution in [1.29, 1.82) is 0 Å². The van der Waals surface area contributed by atoms with E-state index in [1.165, 1.54) is 9.79 Å². The average molecular weight is 202 g/mol. The van der Waals surface area contributed by atoms with Gasteiger partial charge >= 0.3 is 0 Å². The highest BCUT2D eigenvalue weighted by Crippen LogP contribution is 2.27. The Kier molecular flexibility index (Phi) is 3.69. The third-order valence-corrected chi connectivity index (χ3v) is 3.43. The van der Waals surface area contributed by atoms with Gasteiger partial charge in [0, 0.05) is 14.7 Å².